The molecule has 0 radical (unpaired) electrons. The lowest BCUT2D eigenvalue weighted by molar-refractivity contribution is -0.174. The molecule has 6 heterocycles. The molecule has 0 aromatic carbocycles. The topological polar surface area (TPSA) is 75.5 Å². The SMILES string of the molecule is Cc1c(-c2[nH]c3sc(C4CCN(C(=O)C5CC6(CCCCO6)C5)CC4)c(C)c3c2C(C)C)cn2ncnc2c1C. The molecule has 1 spiro atoms. The van der Waals surface area contributed by atoms with Gasteiger partial charge in [0.05, 0.1) is 11.3 Å². The van der Waals surface area contributed by atoms with E-state index in [4.69, 9.17) is 4.74 Å². The van der Waals surface area contributed by atoms with Crippen LogP contribution in [0.15, 0.2) is 12.5 Å². The predicted octanol–water partition coefficient (Wildman–Crippen LogP) is 7.04. The summed E-state index contributed by atoms with van der Waals surface area (Å²) in [5.74, 6) is 1.44. The van der Waals surface area contributed by atoms with E-state index in [0.717, 1.165) is 57.4 Å². The van der Waals surface area contributed by atoms with Crippen molar-refractivity contribution in [1.82, 2.24) is 24.5 Å². The average molecular weight is 560 g/mol. The molecule has 3 aliphatic rings. The number of likely N-dealkylation sites (tertiary alicyclic amines) is 1. The van der Waals surface area contributed by atoms with Gasteiger partial charge < -0.3 is 14.6 Å². The number of carbonyl (C=O) groups is 1. The van der Waals surface area contributed by atoms with Crippen molar-refractivity contribution >= 4 is 33.1 Å². The van der Waals surface area contributed by atoms with E-state index in [9.17, 15) is 4.79 Å². The highest BCUT2D eigenvalue weighted by Crippen LogP contribution is 2.49. The number of H-pyrrole nitrogens is 1. The molecule has 4 aromatic rings. The number of nitrogens with zero attached hydrogens (tertiary/aromatic N) is 4. The van der Waals surface area contributed by atoms with Gasteiger partial charge in [-0.2, -0.15) is 5.10 Å². The minimum absolute atomic E-state index is 0.0251. The molecule has 0 atom stereocenters. The Morgan fingerprint density at radius 2 is 1.90 bits per heavy atom. The molecule has 40 heavy (non-hydrogen) atoms. The fourth-order valence-corrected chi connectivity index (χ4v) is 9.14. The lowest BCUT2D eigenvalue weighted by Gasteiger charge is -2.50. The van der Waals surface area contributed by atoms with Crippen molar-refractivity contribution < 1.29 is 9.53 Å². The van der Waals surface area contributed by atoms with Crippen LogP contribution < -0.4 is 0 Å². The van der Waals surface area contributed by atoms with Gasteiger partial charge in [0.2, 0.25) is 5.91 Å². The molecule has 1 aliphatic carbocycles. The van der Waals surface area contributed by atoms with Crippen molar-refractivity contribution in [2.75, 3.05) is 19.7 Å². The fourth-order valence-electron chi connectivity index (χ4n) is 7.75. The number of thiophene rings is 1. The Kier molecular flexibility index (Phi) is 6.35. The second-order valence-corrected chi connectivity index (χ2v) is 13.9. The second-order valence-electron chi connectivity index (χ2n) is 12.9. The van der Waals surface area contributed by atoms with Crippen LogP contribution in [0.3, 0.4) is 0 Å². The van der Waals surface area contributed by atoms with Gasteiger partial charge in [-0.05, 0) is 99.8 Å². The van der Waals surface area contributed by atoms with Crippen molar-refractivity contribution in [2.45, 2.75) is 97.0 Å². The van der Waals surface area contributed by atoms with Gasteiger partial charge in [-0.25, -0.2) is 9.50 Å². The van der Waals surface area contributed by atoms with Gasteiger partial charge in [0.15, 0.2) is 5.65 Å². The molecule has 8 heteroatoms. The molecule has 1 N–H and O–H groups in total. The van der Waals surface area contributed by atoms with Crippen molar-refractivity contribution in [3.63, 3.8) is 0 Å². The van der Waals surface area contributed by atoms with Gasteiger partial charge in [0.25, 0.3) is 0 Å². The van der Waals surface area contributed by atoms with E-state index in [1.54, 1.807) is 6.33 Å². The molecule has 2 aliphatic heterocycles. The van der Waals surface area contributed by atoms with Crippen LogP contribution in [0.4, 0.5) is 0 Å². The minimum atomic E-state index is 0.0251. The Hall–Kier alpha value is -2.71. The van der Waals surface area contributed by atoms with Crippen molar-refractivity contribution in [3.05, 3.63) is 39.7 Å². The van der Waals surface area contributed by atoms with E-state index in [2.05, 4.69) is 60.8 Å². The lowest BCUT2D eigenvalue weighted by Crippen LogP contribution is -2.54. The Labute approximate surface area is 240 Å². The maximum atomic E-state index is 13.3. The molecule has 1 amide bonds. The van der Waals surface area contributed by atoms with E-state index >= 15 is 0 Å². The first-order valence-electron chi connectivity index (χ1n) is 15.1. The number of hydrogen-bond donors (Lipinski definition) is 1. The molecule has 7 rings (SSSR count). The lowest BCUT2D eigenvalue weighted by atomic mass is 9.67. The molecule has 7 nitrogen and oxygen atoms in total. The monoisotopic (exact) mass is 559 g/mol. The highest BCUT2D eigenvalue weighted by molar-refractivity contribution is 7.19. The van der Waals surface area contributed by atoms with Gasteiger partial charge in [-0.1, -0.05) is 13.8 Å². The number of aromatic nitrogens is 4. The molecule has 2 saturated heterocycles. The number of piperidine rings is 1. The Morgan fingerprint density at radius 3 is 2.60 bits per heavy atom. The second kappa shape index (κ2) is 9.69. The number of ether oxygens (including phenoxy) is 1. The van der Waals surface area contributed by atoms with Crippen LogP contribution in [-0.4, -0.2) is 55.7 Å². The summed E-state index contributed by atoms with van der Waals surface area (Å²) >= 11 is 1.93. The number of nitrogens with one attached hydrogen (secondary N) is 1. The maximum absolute atomic E-state index is 13.3. The molecular weight excluding hydrogens is 518 g/mol. The average Bonchev–Trinajstić information content (AvgIpc) is 3.64. The van der Waals surface area contributed by atoms with Crippen molar-refractivity contribution in [2.24, 2.45) is 5.92 Å². The fraction of sp³-hybridized carbons (Fsp3) is 0.594. The van der Waals surface area contributed by atoms with Crippen LogP contribution in [0.1, 0.15) is 97.8 Å². The normalized spacial score (nSPS) is 24.1. The summed E-state index contributed by atoms with van der Waals surface area (Å²) in [4.78, 5) is 26.5. The summed E-state index contributed by atoms with van der Waals surface area (Å²) in [6.07, 6.45) is 11.3. The number of aryl methyl sites for hydroxylation is 2. The number of carbonyl (C=O) groups excluding carboxylic acids is 1. The molecule has 3 fully saturated rings. The number of fused-ring (bicyclic) bond motifs is 2. The first-order chi connectivity index (χ1) is 19.3. The number of amides is 1. The predicted molar refractivity (Wildman–Crippen MR) is 160 cm³/mol. The Balaban J connectivity index is 1.12. The van der Waals surface area contributed by atoms with E-state index in [0.29, 0.717) is 17.7 Å². The van der Waals surface area contributed by atoms with Crippen molar-refractivity contribution in [1.29, 1.82) is 0 Å². The smallest absolute Gasteiger partial charge is 0.225 e. The summed E-state index contributed by atoms with van der Waals surface area (Å²) in [5.41, 5.74) is 8.59. The van der Waals surface area contributed by atoms with Gasteiger partial charge in [0.1, 0.15) is 11.2 Å². The van der Waals surface area contributed by atoms with E-state index in [1.807, 2.05) is 15.9 Å². The Morgan fingerprint density at radius 1 is 1.12 bits per heavy atom. The first kappa shape index (κ1) is 26.2. The Bertz CT molecular complexity index is 1590. The molecule has 0 bridgehead atoms. The third-order valence-corrected chi connectivity index (χ3v) is 11.5. The maximum Gasteiger partial charge on any atom is 0.225 e. The van der Waals surface area contributed by atoms with E-state index in [-0.39, 0.29) is 11.5 Å². The van der Waals surface area contributed by atoms with E-state index < -0.39 is 0 Å². The third kappa shape index (κ3) is 4.04. The number of pyridine rings is 1. The van der Waals surface area contributed by atoms with Gasteiger partial charge >= 0.3 is 0 Å². The minimum Gasteiger partial charge on any atom is -0.375 e. The standard InChI is InChI=1S/C32H41N5O2S/c1-18(2)25-26-21(5)28(40-30(26)35-27(25)24-16-37-29(33-17-34-37)20(4)19(24)3)22-8-11-36(12-9-22)31(38)23-14-32(15-23)10-6-7-13-39-32/h16-18,22-23,35H,6-15H2,1-5H3. The van der Waals surface area contributed by atoms with Crippen LogP contribution in [0.25, 0.3) is 27.1 Å². The van der Waals surface area contributed by atoms with Crippen LogP contribution >= 0.6 is 11.3 Å². The van der Waals surface area contributed by atoms with Crippen LogP contribution in [-0.2, 0) is 9.53 Å². The first-order valence-corrected chi connectivity index (χ1v) is 16.0. The number of aromatic amines is 1. The summed E-state index contributed by atoms with van der Waals surface area (Å²) in [6, 6.07) is 0. The zero-order valence-electron chi connectivity index (χ0n) is 24.5. The summed E-state index contributed by atoms with van der Waals surface area (Å²) in [5, 5.41) is 5.83. The number of hydrogen-bond acceptors (Lipinski definition) is 5. The molecule has 0 unspecified atom stereocenters. The highest BCUT2D eigenvalue weighted by atomic mass is 32.1. The van der Waals surface area contributed by atoms with Crippen molar-refractivity contribution in [3.8, 4) is 11.3 Å². The summed E-state index contributed by atoms with van der Waals surface area (Å²) < 4.78 is 7.99. The highest BCUT2D eigenvalue weighted by Gasteiger charge is 2.50. The third-order valence-electron chi connectivity index (χ3n) is 10.1. The van der Waals surface area contributed by atoms with Gasteiger partial charge in [-0.15, -0.1) is 11.3 Å². The zero-order valence-corrected chi connectivity index (χ0v) is 25.3. The van der Waals surface area contributed by atoms with Crippen LogP contribution in [0, 0.1) is 26.7 Å². The van der Waals surface area contributed by atoms with Gasteiger partial charge in [0, 0.05) is 47.6 Å². The summed E-state index contributed by atoms with van der Waals surface area (Å²) in [7, 11) is 0. The molecule has 1 saturated carbocycles. The largest absolute Gasteiger partial charge is 0.375 e. The molecular formula is C32H41N5O2S. The quantitative estimate of drug-likeness (QED) is 0.291. The summed E-state index contributed by atoms with van der Waals surface area (Å²) in [6.45, 7) is 13.9. The molecule has 212 valence electrons. The van der Waals surface area contributed by atoms with Gasteiger partial charge in [-0.3, -0.25) is 4.79 Å². The number of rotatable bonds is 4. The van der Waals surface area contributed by atoms with E-state index in [1.165, 1.54) is 61.4 Å². The van der Waals surface area contributed by atoms with Crippen LogP contribution in [0.2, 0.25) is 0 Å². The molecule has 4 aromatic heterocycles. The zero-order chi connectivity index (χ0) is 27.8. The van der Waals surface area contributed by atoms with Crippen LogP contribution in [0.5, 0.6) is 0 Å².